The largest absolute Gasteiger partial charge is 0.356 e. The van der Waals surface area contributed by atoms with E-state index in [0.29, 0.717) is 15.7 Å². The topological polar surface area (TPSA) is 41.1 Å². The lowest BCUT2D eigenvalue weighted by Crippen LogP contribution is -2.41. The number of benzene rings is 2. The first-order valence-corrected chi connectivity index (χ1v) is 7.81. The molecule has 0 aliphatic heterocycles. The second-order valence-electron chi connectivity index (χ2n) is 4.78. The smallest absolute Gasteiger partial charge is 0.258 e. The molecule has 1 atom stereocenters. The number of hydrogen-bond acceptors (Lipinski definition) is 2. The lowest BCUT2D eigenvalue weighted by molar-refractivity contribution is 0.0976. The zero-order chi connectivity index (χ0) is 15.9. The minimum Gasteiger partial charge on any atom is -0.356 e. The quantitative estimate of drug-likeness (QED) is 0.828. The van der Waals surface area contributed by atoms with Gasteiger partial charge >= 0.3 is 0 Å². The molecule has 5 heteroatoms. The Bertz CT molecular complexity index is 661. The third-order valence-corrected chi connectivity index (χ3v) is 3.81. The minimum atomic E-state index is -0.314. The van der Waals surface area contributed by atoms with Crippen molar-refractivity contribution >= 4 is 34.8 Å². The van der Waals surface area contributed by atoms with Crippen molar-refractivity contribution in [3.05, 3.63) is 70.7 Å². The molecule has 0 radical (unpaired) electrons. The van der Waals surface area contributed by atoms with Crippen molar-refractivity contribution in [2.45, 2.75) is 19.4 Å². The fraction of sp³-hybridized carbons (Fsp3) is 0.176. The Hall–Kier alpha value is -1.91. The van der Waals surface area contributed by atoms with E-state index in [-0.39, 0.29) is 11.9 Å². The normalized spacial score (nSPS) is 11.5. The Morgan fingerprint density at radius 2 is 1.77 bits per heavy atom. The molecule has 0 saturated heterocycles. The van der Waals surface area contributed by atoms with E-state index in [4.69, 9.17) is 23.8 Å². The summed E-state index contributed by atoms with van der Waals surface area (Å²) < 4.78 is 0. The molecule has 1 amide bonds. The molecular weight excluding hydrogens is 316 g/mol. The predicted octanol–water partition coefficient (Wildman–Crippen LogP) is 4.10. The van der Waals surface area contributed by atoms with Crippen LogP contribution >= 0.6 is 23.8 Å². The van der Waals surface area contributed by atoms with E-state index in [9.17, 15) is 4.79 Å². The van der Waals surface area contributed by atoms with E-state index in [1.807, 2.05) is 30.3 Å². The first kappa shape index (κ1) is 16.5. The number of amides is 1. The van der Waals surface area contributed by atoms with E-state index < -0.39 is 0 Å². The van der Waals surface area contributed by atoms with Gasteiger partial charge in [0.15, 0.2) is 5.11 Å². The lowest BCUT2D eigenvalue weighted by atomic mass is 10.1. The molecule has 0 saturated carbocycles. The molecular formula is C17H17ClN2OS. The molecule has 0 bridgehead atoms. The van der Waals surface area contributed by atoms with Crippen LogP contribution in [0.25, 0.3) is 0 Å². The van der Waals surface area contributed by atoms with Gasteiger partial charge in [-0.2, -0.15) is 0 Å². The van der Waals surface area contributed by atoms with Crippen LogP contribution in [0.3, 0.4) is 0 Å². The third kappa shape index (κ3) is 4.29. The van der Waals surface area contributed by atoms with Gasteiger partial charge in [0.25, 0.3) is 5.91 Å². The van der Waals surface area contributed by atoms with Crippen molar-refractivity contribution < 1.29 is 4.79 Å². The highest BCUT2D eigenvalue weighted by molar-refractivity contribution is 7.80. The molecule has 22 heavy (non-hydrogen) atoms. The number of carbonyl (C=O) groups excluding carboxylic acids is 1. The van der Waals surface area contributed by atoms with Gasteiger partial charge in [-0.05, 0) is 36.3 Å². The van der Waals surface area contributed by atoms with Gasteiger partial charge in [-0.1, -0.05) is 61.0 Å². The maximum Gasteiger partial charge on any atom is 0.258 e. The number of carbonyl (C=O) groups is 1. The zero-order valence-electron chi connectivity index (χ0n) is 12.2. The van der Waals surface area contributed by atoms with Crippen molar-refractivity contribution in [2.24, 2.45) is 0 Å². The lowest BCUT2D eigenvalue weighted by Gasteiger charge is -2.19. The number of thiocarbonyl (C=S) groups is 1. The highest BCUT2D eigenvalue weighted by atomic mass is 35.5. The summed E-state index contributed by atoms with van der Waals surface area (Å²) in [7, 11) is 0. The molecule has 0 aromatic heterocycles. The Labute approximate surface area is 140 Å². The fourth-order valence-electron chi connectivity index (χ4n) is 2.12. The van der Waals surface area contributed by atoms with E-state index in [1.54, 1.807) is 24.3 Å². The first-order chi connectivity index (χ1) is 10.6. The molecule has 0 aliphatic carbocycles. The summed E-state index contributed by atoms with van der Waals surface area (Å²) in [5.74, 6) is -0.314. The van der Waals surface area contributed by atoms with Gasteiger partial charge in [0, 0.05) is 0 Å². The van der Waals surface area contributed by atoms with Crippen molar-refractivity contribution in [2.75, 3.05) is 0 Å². The third-order valence-electron chi connectivity index (χ3n) is 3.26. The fourth-order valence-corrected chi connectivity index (χ4v) is 2.57. The summed E-state index contributed by atoms with van der Waals surface area (Å²) in [6.45, 7) is 2.06. The number of nitrogens with one attached hydrogen (secondary N) is 2. The monoisotopic (exact) mass is 332 g/mol. The van der Waals surface area contributed by atoms with Gasteiger partial charge in [0.1, 0.15) is 0 Å². The van der Waals surface area contributed by atoms with Crippen LogP contribution < -0.4 is 10.6 Å². The summed E-state index contributed by atoms with van der Waals surface area (Å²) in [5.41, 5.74) is 1.53. The van der Waals surface area contributed by atoms with Gasteiger partial charge in [-0.3, -0.25) is 10.1 Å². The van der Waals surface area contributed by atoms with Crippen LogP contribution in [0.2, 0.25) is 5.02 Å². The Morgan fingerprint density at radius 1 is 1.14 bits per heavy atom. The van der Waals surface area contributed by atoms with E-state index in [2.05, 4.69) is 17.6 Å². The summed E-state index contributed by atoms with van der Waals surface area (Å²) in [5, 5.41) is 6.52. The van der Waals surface area contributed by atoms with Crippen LogP contribution in [0.15, 0.2) is 54.6 Å². The van der Waals surface area contributed by atoms with Gasteiger partial charge in [-0.25, -0.2) is 0 Å². The van der Waals surface area contributed by atoms with Gasteiger partial charge in [0.05, 0.1) is 16.6 Å². The average molecular weight is 333 g/mol. The highest BCUT2D eigenvalue weighted by Crippen LogP contribution is 2.16. The van der Waals surface area contributed by atoms with Gasteiger partial charge < -0.3 is 5.32 Å². The number of rotatable bonds is 4. The minimum absolute atomic E-state index is 0.0558. The predicted molar refractivity (Wildman–Crippen MR) is 94.1 cm³/mol. The number of halogens is 1. The molecule has 1 unspecified atom stereocenters. The van der Waals surface area contributed by atoms with Crippen LogP contribution in [-0.4, -0.2) is 11.0 Å². The molecule has 2 aromatic carbocycles. The summed E-state index contributed by atoms with van der Waals surface area (Å²) >= 11 is 11.2. The van der Waals surface area contributed by atoms with Gasteiger partial charge in [0.2, 0.25) is 0 Å². The Morgan fingerprint density at radius 3 is 2.41 bits per heavy atom. The zero-order valence-corrected chi connectivity index (χ0v) is 13.7. The summed E-state index contributed by atoms with van der Waals surface area (Å²) in [6.07, 6.45) is 0.853. The maximum atomic E-state index is 12.2. The highest BCUT2D eigenvalue weighted by Gasteiger charge is 2.14. The second-order valence-corrected chi connectivity index (χ2v) is 5.59. The summed E-state index contributed by atoms with van der Waals surface area (Å²) in [4.78, 5) is 12.2. The molecule has 0 heterocycles. The first-order valence-electron chi connectivity index (χ1n) is 7.03. The molecule has 0 aliphatic rings. The van der Waals surface area contributed by atoms with Crippen LogP contribution in [-0.2, 0) is 0 Å². The Kier molecular flexibility index (Phi) is 5.92. The number of hydrogen-bond donors (Lipinski definition) is 2. The van der Waals surface area contributed by atoms with Crippen LogP contribution in [0.1, 0.15) is 35.3 Å². The van der Waals surface area contributed by atoms with Crippen molar-refractivity contribution in [3.8, 4) is 0 Å². The van der Waals surface area contributed by atoms with Gasteiger partial charge in [-0.15, -0.1) is 0 Å². The molecule has 0 spiro atoms. The molecule has 2 N–H and O–H groups in total. The summed E-state index contributed by atoms with van der Waals surface area (Å²) in [6, 6.07) is 16.9. The van der Waals surface area contributed by atoms with Crippen LogP contribution in [0.4, 0.5) is 0 Å². The SMILES string of the molecule is CCC(NC(=S)NC(=O)c1ccccc1Cl)c1ccccc1. The molecule has 2 aromatic rings. The van der Waals surface area contributed by atoms with Crippen molar-refractivity contribution in [3.63, 3.8) is 0 Å². The van der Waals surface area contributed by atoms with Crippen molar-refractivity contribution in [1.82, 2.24) is 10.6 Å². The second kappa shape index (κ2) is 7.92. The van der Waals surface area contributed by atoms with Crippen LogP contribution in [0, 0.1) is 0 Å². The van der Waals surface area contributed by atoms with E-state index in [1.165, 1.54) is 0 Å². The van der Waals surface area contributed by atoms with Crippen LogP contribution in [0.5, 0.6) is 0 Å². The standard InChI is InChI=1S/C17H17ClN2OS/c1-2-15(12-8-4-3-5-9-12)19-17(22)20-16(21)13-10-6-7-11-14(13)18/h3-11,15H,2H2,1H3,(H2,19,20,21,22). The molecule has 3 nitrogen and oxygen atoms in total. The van der Waals surface area contributed by atoms with Crippen molar-refractivity contribution in [1.29, 1.82) is 0 Å². The average Bonchev–Trinajstić information content (AvgIpc) is 2.53. The molecule has 2 rings (SSSR count). The van der Waals surface area contributed by atoms with E-state index >= 15 is 0 Å². The molecule has 114 valence electrons. The molecule has 0 fully saturated rings. The van der Waals surface area contributed by atoms with E-state index in [0.717, 1.165) is 12.0 Å². The Balaban J connectivity index is 2.00. The maximum absolute atomic E-state index is 12.2.